The number of furan rings is 1. The van der Waals surface area contributed by atoms with E-state index in [1.807, 2.05) is 0 Å². The molecule has 1 aliphatic rings. The molecule has 1 amide bonds. The van der Waals surface area contributed by atoms with Gasteiger partial charge in [-0.2, -0.15) is 8.42 Å². The zero-order valence-corrected chi connectivity index (χ0v) is 21.0. The molecule has 4 aromatic rings. The van der Waals surface area contributed by atoms with Crippen LogP contribution < -0.4 is 14.8 Å². The number of aryl methyl sites for hydroxylation is 1. The number of hydrogen-bond acceptors (Lipinski definition) is 6. The van der Waals surface area contributed by atoms with Gasteiger partial charge in [-0.25, -0.2) is 13.6 Å². The Morgan fingerprint density at radius 2 is 1.67 bits per heavy atom. The molecule has 12 heteroatoms. The lowest BCUT2D eigenvalue weighted by Gasteiger charge is -2.26. The monoisotopic (exact) mass is 545 g/mol. The average Bonchev–Trinajstić information content (AvgIpc) is 3.19. The van der Waals surface area contributed by atoms with Gasteiger partial charge in [0.1, 0.15) is 5.58 Å². The SMILES string of the molecule is NS(=O)(=O)c1ccc2c(c1)CCCC(=O)N2c1ccc(Cl)cc1NS(=O)(=O)c1cc2ccccc2o1. The van der Waals surface area contributed by atoms with Gasteiger partial charge in [-0.15, -0.1) is 0 Å². The van der Waals surface area contributed by atoms with Crippen molar-refractivity contribution < 1.29 is 26.0 Å². The van der Waals surface area contributed by atoms with E-state index in [4.69, 9.17) is 21.2 Å². The summed E-state index contributed by atoms with van der Waals surface area (Å²) in [6.07, 6.45) is 1.08. The molecule has 3 N–H and O–H groups in total. The van der Waals surface area contributed by atoms with Crippen molar-refractivity contribution in [2.45, 2.75) is 29.3 Å². The van der Waals surface area contributed by atoms with Crippen molar-refractivity contribution in [2.24, 2.45) is 5.14 Å². The van der Waals surface area contributed by atoms with Crippen molar-refractivity contribution >= 4 is 65.6 Å². The summed E-state index contributed by atoms with van der Waals surface area (Å²) in [4.78, 5) is 14.5. The van der Waals surface area contributed by atoms with Crippen molar-refractivity contribution in [1.82, 2.24) is 0 Å². The number of anilines is 3. The Kier molecular flexibility index (Phi) is 6.03. The minimum atomic E-state index is -4.19. The molecule has 9 nitrogen and oxygen atoms in total. The first-order valence-corrected chi connectivity index (χ1v) is 14.2. The fourth-order valence-corrected chi connectivity index (χ4v) is 5.94. The van der Waals surface area contributed by atoms with E-state index >= 15 is 0 Å². The third kappa shape index (κ3) is 4.58. The van der Waals surface area contributed by atoms with Gasteiger partial charge in [-0.3, -0.25) is 14.4 Å². The molecule has 5 rings (SSSR count). The molecule has 0 atom stereocenters. The van der Waals surface area contributed by atoms with Crippen molar-refractivity contribution in [1.29, 1.82) is 0 Å². The van der Waals surface area contributed by atoms with Crippen LogP contribution >= 0.6 is 11.6 Å². The molecule has 1 aliphatic heterocycles. The lowest BCUT2D eigenvalue weighted by Crippen LogP contribution is -2.27. The molecule has 2 heterocycles. The molecular weight excluding hydrogens is 526 g/mol. The van der Waals surface area contributed by atoms with Gasteiger partial charge in [0.2, 0.25) is 21.0 Å². The topological polar surface area (TPSA) is 140 Å². The number of sulfonamides is 2. The second-order valence-electron chi connectivity index (χ2n) is 8.29. The molecular formula is C24H20ClN3O6S2. The number of rotatable bonds is 5. The van der Waals surface area contributed by atoms with Crippen molar-refractivity contribution in [2.75, 3.05) is 9.62 Å². The fraction of sp³-hybridized carbons (Fsp3) is 0.125. The molecule has 0 radical (unpaired) electrons. The van der Waals surface area contributed by atoms with Crippen molar-refractivity contribution in [3.63, 3.8) is 0 Å². The van der Waals surface area contributed by atoms with Crippen LogP contribution in [0.25, 0.3) is 11.0 Å². The van der Waals surface area contributed by atoms with E-state index < -0.39 is 20.0 Å². The maximum atomic E-state index is 13.2. The molecule has 1 aromatic heterocycles. The van der Waals surface area contributed by atoms with Crippen LogP contribution in [0.1, 0.15) is 18.4 Å². The minimum Gasteiger partial charge on any atom is -0.443 e. The smallest absolute Gasteiger partial charge is 0.295 e. The second-order valence-corrected chi connectivity index (χ2v) is 11.9. The Balaban J connectivity index is 1.61. The number of fused-ring (bicyclic) bond motifs is 2. The molecule has 0 fully saturated rings. The molecule has 0 saturated carbocycles. The quantitative estimate of drug-likeness (QED) is 0.377. The van der Waals surface area contributed by atoms with E-state index in [1.54, 1.807) is 24.3 Å². The Bertz CT molecular complexity index is 1700. The number of nitrogens with one attached hydrogen (secondary N) is 1. The Labute approximate surface area is 212 Å². The second kappa shape index (κ2) is 8.93. The average molecular weight is 546 g/mol. The molecule has 0 aliphatic carbocycles. The maximum Gasteiger partial charge on any atom is 0.295 e. The van der Waals surface area contributed by atoms with Crippen molar-refractivity contribution in [3.05, 3.63) is 77.3 Å². The van der Waals surface area contributed by atoms with E-state index in [1.165, 1.54) is 47.4 Å². The Morgan fingerprint density at radius 1 is 0.917 bits per heavy atom. The third-order valence-corrected chi connectivity index (χ3v) is 8.18. The predicted molar refractivity (Wildman–Crippen MR) is 136 cm³/mol. The fourth-order valence-electron chi connectivity index (χ4n) is 4.17. The molecule has 0 bridgehead atoms. The van der Waals surface area contributed by atoms with Gasteiger partial charge in [0, 0.05) is 22.9 Å². The van der Waals surface area contributed by atoms with Gasteiger partial charge >= 0.3 is 0 Å². The number of nitrogens with zero attached hydrogens (tertiary/aromatic N) is 1. The summed E-state index contributed by atoms with van der Waals surface area (Å²) >= 11 is 6.19. The van der Waals surface area contributed by atoms with Crippen LogP contribution in [0, 0.1) is 0 Å². The van der Waals surface area contributed by atoms with Crippen LogP contribution in [0.4, 0.5) is 17.1 Å². The third-order valence-electron chi connectivity index (χ3n) is 5.82. The first-order chi connectivity index (χ1) is 17.0. The Morgan fingerprint density at radius 3 is 2.42 bits per heavy atom. The summed E-state index contributed by atoms with van der Waals surface area (Å²) in [6.45, 7) is 0. The highest BCUT2D eigenvalue weighted by molar-refractivity contribution is 7.92. The van der Waals surface area contributed by atoms with Crippen LogP contribution in [0.5, 0.6) is 0 Å². The highest BCUT2D eigenvalue weighted by Gasteiger charge is 2.29. The van der Waals surface area contributed by atoms with E-state index in [0.29, 0.717) is 35.1 Å². The van der Waals surface area contributed by atoms with Gasteiger partial charge in [0.25, 0.3) is 10.0 Å². The van der Waals surface area contributed by atoms with Gasteiger partial charge in [-0.05, 0) is 60.9 Å². The molecule has 36 heavy (non-hydrogen) atoms. The lowest BCUT2D eigenvalue weighted by atomic mass is 10.1. The highest BCUT2D eigenvalue weighted by atomic mass is 35.5. The van der Waals surface area contributed by atoms with Gasteiger partial charge in [0.05, 0.1) is 22.0 Å². The van der Waals surface area contributed by atoms with Gasteiger partial charge in [0.15, 0.2) is 0 Å². The molecule has 0 spiro atoms. The molecule has 0 saturated heterocycles. The predicted octanol–water partition coefficient (Wildman–Crippen LogP) is 4.54. The van der Waals surface area contributed by atoms with Crippen LogP contribution in [0.15, 0.2) is 81.1 Å². The van der Waals surface area contributed by atoms with E-state index in [-0.39, 0.29) is 38.7 Å². The van der Waals surface area contributed by atoms with Crippen LogP contribution in [-0.2, 0) is 31.3 Å². The standard InChI is InChI=1S/C24H20ClN3O6S2/c25-17-8-10-21(19(14-17)27-36(32,33)24-13-16-4-1-2-6-22(16)34-24)28-20-11-9-18(35(26,30)31)12-15(20)5-3-7-23(28)29/h1-2,4,6,8-14,27H,3,5,7H2,(H2,26,30,31). The number of primary sulfonamides is 1. The number of hydrogen-bond donors (Lipinski definition) is 2. The number of nitrogens with two attached hydrogens (primary N) is 1. The number of halogens is 1. The number of para-hydroxylation sites is 1. The largest absolute Gasteiger partial charge is 0.443 e. The summed E-state index contributed by atoms with van der Waals surface area (Å²) in [7, 11) is -8.14. The van der Waals surface area contributed by atoms with E-state index in [9.17, 15) is 21.6 Å². The highest BCUT2D eigenvalue weighted by Crippen LogP contribution is 2.40. The maximum absolute atomic E-state index is 13.2. The molecule has 0 unspecified atom stereocenters. The normalized spacial score (nSPS) is 14.5. The summed E-state index contributed by atoms with van der Waals surface area (Å²) in [5, 5.41) is 5.85. The van der Waals surface area contributed by atoms with Crippen LogP contribution in [-0.4, -0.2) is 22.7 Å². The zero-order valence-electron chi connectivity index (χ0n) is 18.6. The Hall–Kier alpha value is -3.38. The van der Waals surface area contributed by atoms with Gasteiger partial charge in [-0.1, -0.05) is 29.8 Å². The summed E-state index contributed by atoms with van der Waals surface area (Å²) < 4.78 is 58.2. The first-order valence-electron chi connectivity index (χ1n) is 10.8. The van der Waals surface area contributed by atoms with E-state index in [2.05, 4.69) is 4.72 Å². The molecule has 3 aromatic carbocycles. The van der Waals surface area contributed by atoms with Crippen LogP contribution in [0.3, 0.4) is 0 Å². The summed E-state index contributed by atoms with van der Waals surface area (Å²) in [5.74, 6) is -0.288. The number of carbonyl (C=O) groups excluding carboxylic acids is 1. The summed E-state index contributed by atoms with van der Waals surface area (Å²) in [5.41, 5.74) is 1.71. The van der Waals surface area contributed by atoms with Crippen molar-refractivity contribution in [3.8, 4) is 0 Å². The van der Waals surface area contributed by atoms with Crippen LogP contribution in [0.2, 0.25) is 5.02 Å². The summed E-state index contributed by atoms with van der Waals surface area (Å²) in [6, 6.07) is 17.0. The van der Waals surface area contributed by atoms with E-state index in [0.717, 1.165) is 0 Å². The number of amides is 1. The van der Waals surface area contributed by atoms with Gasteiger partial charge < -0.3 is 4.42 Å². The minimum absolute atomic E-state index is 0.0553. The first kappa shape index (κ1) is 24.3. The number of carbonyl (C=O) groups is 1. The molecule has 186 valence electrons. The number of benzene rings is 3. The lowest BCUT2D eigenvalue weighted by molar-refractivity contribution is -0.117. The zero-order chi connectivity index (χ0) is 25.7.